The van der Waals surface area contributed by atoms with Crippen molar-refractivity contribution in [1.82, 2.24) is 19.0 Å². The zero-order chi connectivity index (χ0) is 21.8. The third-order valence-corrected chi connectivity index (χ3v) is 5.13. The number of aromatic nitrogens is 3. The molecule has 0 bridgehead atoms. The normalized spacial score (nSPS) is 11.2. The predicted molar refractivity (Wildman–Crippen MR) is 118 cm³/mol. The number of benzene rings is 1. The first kappa shape index (κ1) is 21.1. The lowest BCUT2D eigenvalue weighted by atomic mass is 10.2. The van der Waals surface area contributed by atoms with Crippen molar-refractivity contribution in [3.05, 3.63) is 92.0 Å². The van der Waals surface area contributed by atoms with Gasteiger partial charge in [-0.05, 0) is 50.1 Å². The Morgan fingerprint density at radius 3 is 2.50 bits per heavy atom. The molecule has 0 aliphatic rings. The highest BCUT2D eigenvalue weighted by molar-refractivity contribution is 5.91. The van der Waals surface area contributed by atoms with Crippen LogP contribution in [-0.2, 0) is 25.3 Å². The molecule has 0 fully saturated rings. The van der Waals surface area contributed by atoms with E-state index in [1.165, 1.54) is 35.5 Å². The summed E-state index contributed by atoms with van der Waals surface area (Å²) >= 11 is 0. The van der Waals surface area contributed by atoms with E-state index >= 15 is 0 Å². The van der Waals surface area contributed by atoms with Crippen LogP contribution in [0.5, 0.6) is 0 Å². The fourth-order valence-electron chi connectivity index (χ4n) is 3.55. The highest BCUT2D eigenvalue weighted by atomic mass is 16.2. The highest BCUT2D eigenvalue weighted by Gasteiger charge is 2.10. The van der Waals surface area contributed by atoms with Gasteiger partial charge in [0.05, 0.1) is 5.56 Å². The number of amides is 1. The minimum atomic E-state index is -0.435. The summed E-state index contributed by atoms with van der Waals surface area (Å²) in [4.78, 5) is 36.0. The Morgan fingerprint density at radius 2 is 1.80 bits per heavy atom. The lowest BCUT2D eigenvalue weighted by Crippen LogP contribution is -2.37. The quantitative estimate of drug-likeness (QED) is 0.635. The van der Waals surface area contributed by atoms with Gasteiger partial charge in [0.25, 0.3) is 5.56 Å². The molecule has 1 aromatic carbocycles. The summed E-state index contributed by atoms with van der Waals surface area (Å²) in [6, 6.07) is 12.3. The van der Waals surface area contributed by atoms with Crippen molar-refractivity contribution in [2.75, 3.05) is 6.54 Å². The van der Waals surface area contributed by atoms with Crippen molar-refractivity contribution in [3.63, 3.8) is 0 Å². The average Bonchev–Trinajstić information content (AvgIpc) is 3.02. The van der Waals surface area contributed by atoms with Crippen LogP contribution in [0.3, 0.4) is 0 Å². The summed E-state index contributed by atoms with van der Waals surface area (Å²) in [7, 11) is 2.97. The Bertz CT molecular complexity index is 1210. The van der Waals surface area contributed by atoms with Gasteiger partial charge < -0.3 is 14.5 Å². The van der Waals surface area contributed by atoms with Crippen molar-refractivity contribution in [1.29, 1.82) is 0 Å². The number of carbonyl (C=O) groups is 1. The molecule has 2 aromatic heterocycles. The molecule has 0 unspecified atom stereocenters. The molecule has 0 aliphatic heterocycles. The monoisotopic (exact) mass is 406 g/mol. The third kappa shape index (κ3) is 4.35. The maximum Gasteiger partial charge on any atom is 0.330 e. The van der Waals surface area contributed by atoms with Crippen LogP contribution in [0.4, 0.5) is 0 Å². The Labute approximate surface area is 174 Å². The molecule has 0 saturated carbocycles. The van der Waals surface area contributed by atoms with Gasteiger partial charge >= 0.3 is 5.69 Å². The summed E-state index contributed by atoms with van der Waals surface area (Å²) < 4.78 is 4.52. The lowest BCUT2D eigenvalue weighted by Gasteiger charge is -2.10. The second kappa shape index (κ2) is 8.82. The molecule has 0 atom stereocenters. The number of nitrogens with zero attached hydrogens (tertiary/aromatic N) is 3. The average molecular weight is 406 g/mol. The summed E-state index contributed by atoms with van der Waals surface area (Å²) in [6.45, 7) is 4.62. The van der Waals surface area contributed by atoms with Gasteiger partial charge in [0, 0.05) is 50.0 Å². The number of hydrogen-bond donors (Lipinski definition) is 1. The molecule has 1 amide bonds. The zero-order valence-electron chi connectivity index (χ0n) is 17.7. The first-order chi connectivity index (χ1) is 14.3. The SMILES string of the molecule is Cc1cc(CCNC(=O)C=Cc2cn(C)c(=O)n(C)c2=O)c(C)n1-c1ccccc1. The van der Waals surface area contributed by atoms with Gasteiger partial charge in [-0.15, -0.1) is 0 Å². The number of nitrogens with one attached hydrogen (secondary N) is 1. The predicted octanol–water partition coefficient (Wildman–Crippen LogP) is 1.86. The Balaban J connectivity index is 1.64. The van der Waals surface area contributed by atoms with Gasteiger partial charge in [-0.1, -0.05) is 18.2 Å². The maximum absolute atomic E-state index is 12.2. The van der Waals surface area contributed by atoms with Crippen LogP contribution in [0, 0.1) is 13.8 Å². The van der Waals surface area contributed by atoms with Crippen molar-refractivity contribution >= 4 is 12.0 Å². The molecule has 0 aliphatic carbocycles. The molecule has 0 saturated heterocycles. The maximum atomic E-state index is 12.2. The Morgan fingerprint density at radius 1 is 1.10 bits per heavy atom. The summed E-state index contributed by atoms with van der Waals surface area (Å²) in [6.07, 6.45) is 4.87. The van der Waals surface area contributed by atoms with Crippen molar-refractivity contribution < 1.29 is 4.79 Å². The van der Waals surface area contributed by atoms with Crippen molar-refractivity contribution in [2.24, 2.45) is 14.1 Å². The van der Waals surface area contributed by atoms with Gasteiger partial charge in [-0.2, -0.15) is 0 Å². The minimum Gasteiger partial charge on any atom is -0.352 e. The first-order valence-corrected chi connectivity index (χ1v) is 9.75. The van der Waals surface area contributed by atoms with E-state index in [2.05, 4.69) is 41.9 Å². The number of aryl methyl sites for hydroxylation is 2. The number of carbonyl (C=O) groups excluding carboxylic acids is 1. The molecule has 7 nitrogen and oxygen atoms in total. The standard InChI is InChI=1S/C23H26N4O3/c1-16-14-18(17(2)27(16)20-8-6-5-7-9-20)12-13-24-21(28)11-10-19-15-25(3)23(30)26(4)22(19)29/h5-11,14-15H,12-13H2,1-4H3,(H,24,28). The number of rotatable bonds is 6. The molecule has 0 radical (unpaired) electrons. The van der Waals surface area contributed by atoms with Gasteiger partial charge in [-0.3, -0.25) is 14.2 Å². The first-order valence-electron chi connectivity index (χ1n) is 9.75. The molecule has 2 heterocycles. The van der Waals surface area contributed by atoms with Crippen LogP contribution in [0.15, 0.2) is 58.3 Å². The van der Waals surface area contributed by atoms with E-state index in [1.807, 2.05) is 18.2 Å². The molecule has 0 spiro atoms. The molecule has 30 heavy (non-hydrogen) atoms. The molecule has 3 rings (SSSR count). The van der Waals surface area contributed by atoms with Crippen molar-refractivity contribution in [3.8, 4) is 5.69 Å². The zero-order valence-corrected chi connectivity index (χ0v) is 17.7. The summed E-state index contributed by atoms with van der Waals surface area (Å²) in [5, 5.41) is 2.84. The highest BCUT2D eigenvalue weighted by Crippen LogP contribution is 2.20. The lowest BCUT2D eigenvalue weighted by molar-refractivity contribution is -0.116. The fraction of sp³-hybridized carbons (Fsp3) is 0.261. The molecule has 3 aromatic rings. The van der Waals surface area contributed by atoms with E-state index in [0.717, 1.165) is 21.6 Å². The van der Waals surface area contributed by atoms with Gasteiger partial charge in [0.15, 0.2) is 0 Å². The molecule has 156 valence electrons. The Hall–Kier alpha value is -3.61. The van der Waals surface area contributed by atoms with E-state index in [4.69, 9.17) is 0 Å². The van der Waals surface area contributed by atoms with Crippen LogP contribution >= 0.6 is 0 Å². The largest absolute Gasteiger partial charge is 0.352 e. The third-order valence-electron chi connectivity index (χ3n) is 5.13. The number of para-hydroxylation sites is 1. The van der Waals surface area contributed by atoms with Crippen LogP contribution in [-0.4, -0.2) is 26.2 Å². The molecular weight excluding hydrogens is 380 g/mol. The van der Waals surface area contributed by atoms with Crippen LogP contribution in [0.25, 0.3) is 11.8 Å². The topological polar surface area (TPSA) is 78.0 Å². The van der Waals surface area contributed by atoms with E-state index < -0.39 is 11.2 Å². The fourth-order valence-corrected chi connectivity index (χ4v) is 3.55. The van der Waals surface area contributed by atoms with Gasteiger partial charge in [0.2, 0.25) is 5.91 Å². The molecular formula is C23H26N4O3. The van der Waals surface area contributed by atoms with E-state index in [1.54, 1.807) is 7.05 Å². The van der Waals surface area contributed by atoms with Crippen LogP contribution in [0.2, 0.25) is 0 Å². The van der Waals surface area contributed by atoms with Crippen molar-refractivity contribution in [2.45, 2.75) is 20.3 Å². The second-order valence-corrected chi connectivity index (χ2v) is 7.28. The second-order valence-electron chi connectivity index (χ2n) is 7.28. The summed E-state index contributed by atoms with van der Waals surface area (Å²) in [5.74, 6) is -0.289. The smallest absolute Gasteiger partial charge is 0.330 e. The van der Waals surface area contributed by atoms with Gasteiger partial charge in [0.1, 0.15) is 0 Å². The van der Waals surface area contributed by atoms with Crippen LogP contribution < -0.4 is 16.6 Å². The summed E-state index contributed by atoms with van der Waals surface area (Å²) in [5.41, 5.74) is 4.02. The van der Waals surface area contributed by atoms with Crippen LogP contribution in [0.1, 0.15) is 22.5 Å². The molecule has 1 N–H and O–H groups in total. The number of hydrogen-bond acceptors (Lipinski definition) is 3. The van der Waals surface area contributed by atoms with E-state index in [0.29, 0.717) is 13.0 Å². The molecule has 7 heteroatoms. The van der Waals surface area contributed by atoms with Gasteiger partial charge in [-0.25, -0.2) is 4.79 Å². The van der Waals surface area contributed by atoms with E-state index in [9.17, 15) is 14.4 Å². The Kier molecular flexibility index (Phi) is 6.20. The van der Waals surface area contributed by atoms with E-state index in [-0.39, 0.29) is 11.5 Å². The minimum absolute atomic E-state index is 0.279.